The lowest BCUT2D eigenvalue weighted by Gasteiger charge is -2.38. The Morgan fingerprint density at radius 1 is 1.35 bits per heavy atom. The zero-order chi connectivity index (χ0) is 15.1. The third-order valence-electron chi connectivity index (χ3n) is 4.93. The Morgan fingerprint density at radius 2 is 1.95 bits per heavy atom. The minimum absolute atomic E-state index is 0.0714. The molecule has 112 valence electrons. The molecule has 2 aliphatic rings. The van der Waals surface area contributed by atoms with Crippen LogP contribution in [0, 0.1) is 18.3 Å². The fraction of sp³-hybridized carbons (Fsp3) is 0.812. The molecule has 1 heterocycles. The summed E-state index contributed by atoms with van der Waals surface area (Å²) in [7, 11) is -1.79. The molecule has 20 heavy (non-hydrogen) atoms. The van der Waals surface area contributed by atoms with Gasteiger partial charge < -0.3 is 9.33 Å². The van der Waals surface area contributed by atoms with Crippen LogP contribution in [-0.4, -0.2) is 37.8 Å². The van der Waals surface area contributed by atoms with E-state index in [-0.39, 0.29) is 29.0 Å². The summed E-state index contributed by atoms with van der Waals surface area (Å²) < 4.78 is 6.43. The van der Waals surface area contributed by atoms with Crippen molar-refractivity contribution in [2.24, 2.45) is 5.92 Å². The molecule has 1 unspecified atom stereocenters. The zero-order valence-electron chi connectivity index (χ0n) is 13.4. The average molecular weight is 293 g/mol. The second-order valence-electron chi connectivity index (χ2n) is 7.68. The van der Waals surface area contributed by atoms with Crippen LogP contribution in [0.15, 0.2) is 0 Å². The number of likely N-dealkylation sites (tertiary alicyclic amines) is 1. The molecule has 0 aromatic heterocycles. The second kappa shape index (κ2) is 5.20. The molecule has 2 fully saturated rings. The topological polar surface area (TPSA) is 29.5 Å². The van der Waals surface area contributed by atoms with Crippen molar-refractivity contribution in [1.82, 2.24) is 4.90 Å². The third kappa shape index (κ3) is 3.10. The van der Waals surface area contributed by atoms with Crippen LogP contribution >= 0.6 is 0 Å². The van der Waals surface area contributed by atoms with Gasteiger partial charge in [0.2, 0.25) is 5.91 Å². The van der Waals surface area contributed by atoms with E-state index in [1.165, 1.54) is 0 Å². The minimum atomic E-state index is -1.79. The summed E-state index contributed by atoms with van der Waals surface area (Å²) in [5, 5.41) is 0.187. The number of carbonyl (C=O) groups is 1. The molecule has 0 bridgehead atoms. The van der Waals surface area contributed by atoms with Crippen molar-refractivity contribution in [2.75, 3.05) is 6.54 Å². The fourth-order valence-electron chi connectivity index (χ4n) is 2.44. The summed E-state index contributed by atoms with van der Waals surface area (Å²) in [4.78, 5) is 14.2. The molecular formula is C16H27NO2Si. The van der Waals surface area contributed by atoms with Gasteiger partial charge in [-0.3, -0.25) is 4.79 Å². The molecule has 0 spiro atoms. The summed E-state index contributed by atoms with van der Waals surface area (Å²) in [6.45, 7) is 11.9. The van der Waals surface area contributed by atoms with E-state index in [1.54, 1.807) is 0 Å². The number of amides is 1. The zero-order valence-corrected chi connectivity index (χ0v) is 14.4. The van der Waals surface area contributed by atoms with Gasteiger partial charge in [0.15, 0.2) is 8.32 Å². The molecule has 2 atom stereocenters. The lowest BCUT2D eigenvalue weighted by atomic mass is 10.2. The molecule has 1 amide bonds. The summed E-state index contributed by atoms with van der Waals surface area (Å²) >= 11 is 0. The molecular weight excluding hydrogens is 266 g/mol. The summed E-state index contributed by atoms with van der Waals surface area (Å²) in [6.07, 6.45) is 8.57. The summed E-state index contributed by atoms with van der Waals surface area (Å²) in [5.41, 5.74) is 0. The lowest BCUT2D eigenvalue weighted by Crippen LogP contribution is -2.45. The van der Waals surface area contributed by atoms with Crippen LogP contribution in [0.2, 0.25) is 18.1 Å². The van der Waals surface area contributed by atoms with Gasteiger partial charge in [-0.1, -0.05) is 26.7 Å². The van der Waals surface area contributed by atoms with Crippen molar-refractivity contribution in [1.29, 1.82) is 0 Å². The first-order valence-corrected chi connectivity index (χ1v) is 10.5. The molecule has 1 saturated carbocycles. The summed E-state index contributed by atoms with van der Waals surface area (Å²) in [5.74, 6) is 3.25. The van der Waals surface area contributed by atoms with Gasteiger partial charge in [0.1, 0.15) is 0 Å². The van der Waals surface area contributed by atoms with Gasteiger partial charge in [-0.05, 0) is 31.0 Å². The molecule has 0 aromatic carbocycles. The number of terminal acetylenes is 1. The Labute approximate surface area is 124 Å². The highest BCUT2D eigenvalue weighted by molar-refractivity contribution is 6.74. The van der Waals surface area contributed by atoms with Gasteiger partial charge >= 0.3 is 0 Å². The molecule has 1 saturated heterocycles. The van der Waals surface area contributed by atoms with Crippen molar-refractivity contribution in [2.45, 2.75) is 70.3 Å². The predicted molar refractivity (Wildman–Crippen MR) is 83.7 cm³/mol. The average Bonchev–Trinajstić information content (AvgIpc) is 3.08. The fourth-order valence-corrected chi connectivity index (χ4v) is 3.80. The van der Waals surface area contributed by atoms with E-state index in [2.05, 4.69) is 39.8 Å². The molecule has 3 nitrogen and oxygen atoms in total. The lowest BCUT2D eigenvalue weighted by molar-refractivity contribution is -0.132. The van der Waals surface area contributed by atoms with Gasteiger partial charge in [0.05, 0.1) is 12.1 Å². The Hall–Kier alpha value is -0.793. The highest BCUT2D eigenvalue weighted by Crippen LogP contribution is 2.40. The minimum Gasteiger partial charge on any atom is -0.412 e. The quantitative estimate of drug-likeness (QED) is 0.591. The highest BCUT2D eigenvalue weighted by Gasteiger charge is 2.45. The first kappa shape index (κ1) is 15.6. The predicted octanol–water partition coefficient (Wildman–Crippen LogP) is 3.02. The van der Waals surface area contributed by atoms with Gasteiger partial charge in [0.25, 0.3) is 0 Å². The number of carbonyl (C=O) groups excluding carboxylic acids is 1. The highest BCUT2D eigenvalue weighted by atomic mass is 28.4. The molecule has 1 aliphatic carbocycles. The monoisotopic (exact) mass is 293 g/mol. The van der Waals surface area contributed by atoms with Crippen LogP contribution in [0.25, 0.3) is 0 Å². The van der Waals surface area contributed by atoms with E-state index in [0.717, 1.165) is 19.3 Å². The van der Waals surface area contributed by atoms with E-state index in [1.807, 2.05) is 4.90 Å². The van der Waals surface area contributed by atoms with E-state index < -0.39 is 8.32 Å². The van der Waals surface area contributed by atoms with Gasteiger partial charge in [-0.25, -0.2) is 0 Å². The van der Waals surface area contributed by atoms with Crippen molar-refractivity contribution >= 4 is 14.2 Å². The SMILES string of the molecule is C#C[C@H]1CC(O[Si](C)(C)C(C)(C)C)CN1C(=O)C1CC1. The largest absolute Gasteiger partial charge is 0.412 e. The number of hydrogen-bond donors (Lipinski definition) is 0. The van der Waals surface area contributed by atoms with Crippen LogP contribution in [0.1, 0.15) is 40.0 Å². The van der Waals surface area contributed by atoms with Crippen molar-refractivity contribution in [3.8, 4) is 12.3 Å². The van der Waals surface area contributed by atoms with Gasteiger partial charge in [0, 0.05) is 18.9 Å². The number of rotatable bonds is 3. The Balaban J connectivity index is 2.02. The van der Waals surface area contributed by atoms with Crippen LogP contribution < -0.4 is 0 Å². The van der Waals surface area contributed by atoms with Crippen LogP contribution in [0.5, 0.6) is 0 Å². The molecule has 0 radical (unpaired) electrons. The molecule has 1 aliphatic heterocycles. The molecule has 4 heteroatoms. The number of hydrogen-bond acceptors (Lipinski definition) is 2. The standard InChI is InChI=1S/C16H27NO2Si/c1-7-13-10-14(19-20(5,6)16(2,3)4)11-17(13)15(18)12-8-9-12/h1,12-14H,8-11H2,2-6H3/t13-,14?/m0/s1. The van der Waals surface area contributed by atoms with Crippen LogP contribution in [0.4, 0.5) is 0 Å². The smallest absolute Gasteiger partial charge is 0.226 e. The third-order valence-corrected chi connectivity index (χ3v) is 9.47. The Morgan fingerprint density at radius 3 is 2.40 bits per heavy atom. The molecule has 0 N–H and O–H groups in total. The van der Waals surface area contributed by atoms with E-state index in [0.29, 0.717) is 6.54 Å². The maximum Gasteiger partial charge on any atom is 0.226 e. The first-order chi connectivity index (χ1) is 9.15. The molecule has 0 aromatic rings. The van der Waals surface area contributed by atoms with Crippen molar-refractivity contribution in [3.05, 3.63) is 0 Å². The first-order valence-electron chi connectivity index (χ1n) is 7.60. The van der Waals surface area contributed by atoms with Crippen molar-refractivity contribution < 1.29 is 9.22 Å². The van der Waals surface area contributed by atoms with Gasteiger partial charge in [-0.15, -0.1) is 6.42 Å². The summed E-state index contributed by atoms with van der Waals surface area (Å²) in [6, 6.07) is -0.0714. The number of nitrogens with zero attached hydrogens (tertiary/aromatic N) is 1. The Bertz CT molecular complexity index is 429. The second-order valence-corrected chi connectivity index (χ2v) is 12.4. The Kier molecular flexibility index (Phi) is 4.05. The maximum atomic E-state index is 12.3. The maximum absolute atomic E-state index is 12.3. The normalized spacial score (nSPS) is 27.5. The molecule has 2 rings (SSSR count). The van der Waals surface area contributed by atoms with Crippen LogP contribution in [-0.2, 0) is 9.22 Å². The van der Waals surface area contributed by atoms with E-state index in [9.17, 15) is 4.79 Å². The van der Waals surface area contributed by atoms with Crippen molar-refractivity contribution in [3.63, 3.8) is 0 Å². The van der Waals surface area contributed by atoms with Crippen LogP contribution in [0.3, 0.4) is 0 Å². The van der Waals surface area contributed by atoms with Gasteiger partial charge in [-0.2, -0.15) is 0 Å². The van der Waals surface area contributed by atoms with E-state index in [4.69, 9.17) is 10.8 Å². The van der Waals surface area contributed by atoms with E-state index >= 15 is 0 Å².